The Bertz CT molecular complexity index is 1680. The summed E-state index contributed by atoms with van der Waals surface area (Å²) in [7, 11) is 5.28. The summed E-state index contributed by atoms with van der Waals surface area (Å²) in [6, 6.07) is 17.4. The van der Waals surface area contributed by atoms with Crippen LogP contribution in [0.2, 0.25) is 0 Å². The molecule has 2 aliphatic rings. The maximum atomic E-state index is 14.3. The summed E-state index contributed by atoms with van der Waals surface area (Å²) in [4.78, 5) is 46.4. The summed E-state index contributed by atoms with van der Waals surface area (Å²) in [5.74, 6) is -1.35. The van der Waals surface area contributed by atoms with Crippen LogP contribution in [0.4, 0.5) is 0 Å². The summed E-state index contributed by atoms with van der Waals surface area (Å²) in [6.45, 7) is 10.1. The van der Waals surface area contributed by atoms with E-state index in [2.05, 4.69) is 18.5 Å². The Balaban J connectivity index is 1.47. The molecule has 260 valence electrons. The maximum Gasteiger partial charge on any atom is 0.332 e. The minimum Gasteiger partial charge on any atom is -0.497 e. The Morgan fingerprint density at radius 1 is 1.04 bits per heavy atom. The molecule has 0 radical (unpaired) electrons. The Morgan fingerprint density at radius 2 is 1.80 bits per heavy atom. The number of esters is 1. The molecule has 1 aromatic heterocycles. The van der Waals surface area contributed by atoms with Crippen LogP contribution in [0.1, 0.15) is 45.4 Å². The molecule has 5 rings (SSSR count). The third-order valence-corrected chi connectivity index (χ3v) is 9.57. The van der Waals surface area contributed by atoms with Gasteiger partial charge in [-0.05, 0) is 57.6 Å². The fraction of sp³-hybridized carbons (Fsp3) is 0.436. The zero-order valence-corrected chi connectivity index (χ0v) is 29.0. The smallest absolute Gasteiger partial charge is 0.332 e. The quantitative estimate of drug-likeness (QED) is 0.0861. The Morgan fingerprint density at radius 3 is 2.45 bits per heavy atom. The van der Waals surface area contributed by atoms with E-state index >= 15 is 0 Å². The maximum absolute atomic E-state index is 14.3. The van der Waals surface area contributed by atoms with Gasteiger partial charge in [0, 0.05) is 49.6 Å². The highest BCUT2D eigenvalue weighted by molar-refractivity contribution is 5.95. The molecule has 0 saturated heterocycles. The average molecular weight is 669 g/mol. The van der Waals surface area contributed by atoms with Crippen molar-refractivity contribution in [3.63, 3.8) is 0 Å². The van der Waals surface area contributed by atoms with Crippen LogP contribution in [0.5, 0.6) is 11.5 Å². The summed E-state index contributed by atoms with van der Waals surface area (Å²) >= 11 is 0. The number of unbranched alkanes of at least 4 members (excludes halogenated alkanes) is 2. The third kappa shape index (κ3) is 7.80. The number of carbonyl (C=O) groups excluding carboxylic acids is 3. The fourth-order valence-corrected chi connectivity index (χ4v) is 6.81. The van der Waals surface area contributed by atoms with Gasteiger partial charge in [0.15, 0.2) is 0 Å². The molecule has 10 nitrogen and oxygen atoms in total. The Hall–Kier alpha value is -4.70. The van der Waals surface area contributed by atoms with E-state index in [1.54, 1.807) is 30.1 Å². The van der Waals surface area contributed by atoms with E-state index in [1.807, 2.05) is 74.8 Å². The van der Waals surface area contributed by atoms with Crippen LogP contribution in [-0.2, 0) is 19.1 Å². The number of hydrogen-bond donors (Lipinski definition) is 1. The van der Waals surface area contributed by atoms with Crippen molar-refractivity contribution in [1.82, 2.24) is 20.3 Å². The van der Waals surface area contributed by atoms with E-state index in [0.29, 0.717) is 36.4 Å². The number of carbonyl (C=O) groups is 3. The van der Waals surface area contributed by atoms with Crippen molar-refractivity contribution in [3.8, 4) is 22.8 Å². The molecule has 3 aromatic rings. The molecule has 2 saturated carbocycles. The molecule has 0 bridgehead atoms. The van der Waals surface area contributed by atoms with Crippen molar-refractivity contribution in [2.75, 3.05) is 34.4 Å². The van der Waals surface area contributed by atoms with Gasteiger partial charge in [0.25, 0.3) is 0 Å². The molecule has 2 aliphatic carbocycles. The predicted octanol–water partition coefficient (Wildman–Crippen LogP) is 5.97. The van der Waals surface area contributed by atoms with Crippen molar-refractivity contribution in [2.24, 2.45) is 17.8 Å². The SMILES string of the molecule is C=CCCCCN(C(=O)[C@@H]1C[C@H](Oc2cc(-c3ccccc3)nc3cc(OC)ccc23)C[C@H]1C(=O)N[C@]1(C(=O)OCC)CC1C=C)N(C)C. The van der Waals surface area contributed by atoms with Crippen molar-refractivity contribution < 1.29 is 28.6 Å². The number of aromatic nitrogens is 1. The van der Waals surface area contributed by atoms with E-state index < -0.39 is 29.4 Å². The van der Waals surface area contributed by atoms with Crippen LogP contribution in [-0.4, -0.2) is 78.8 Å². The zero-order chi connectivity index (χ0) is 35.1. The normalized spacial score (nSPS) is 22.7. The molecule has 0 aliphatic heterocycles. The first-order chi connectivity index (χ1) is 23.6. The largest absolute Gasteiger partial charge is 0.497 e. The number of fused-ring (bicyclic) bond motifs is 1. The molecular weight excluding hydrogens is 620 g/mol. The van der Waals surface area contributed by atoms with Gasteiger partial charge in [-0.3, -0.25) is 14.6 Å². The molecule has 2 fully saturated rings. The highest BCUT2D eigenvalue weighted by Crippen LogP contribution is 2.47. The molecule has 5 atom stereocenters. The molecule has 1 heterocycles. The Kier molecular flexibility index (Phi) is 11.4. The average Bonchev–Trinajstić information content (AvgIpc) is 3.66. The third-order valence-electron chi connectivity index (χ3n) is 9.57. The van der Waals surface area contributed by atoms with E-state index in [1.165, 1.54) is 0 Å². The van der Waals surface area contributed by atoms with Crippen molar-refractivity contribution in [2.45, 2.75) is 57.1 Å². The number of amides is 2. The fourth-order valence-electron chi connectivity index (χ4n) is 6.81. The molecule has 1 N–H and O–H groups in total. The van der Waals surface area contributed by atoms with Crippen molar-refractivity contribution in [3.05, 3.63) is 79.9 Å². The zero-order valence-electron chi connectivity index (χ0n) is 29.0. The number of rotatable bonds is 16. The summed E-state index contributed by atoms with van der Waals surface area (Å²) in [6.07, 6.45) is 6.66. The number of pyridine rings is 1. The van der Waals surface area contributed by atoms with Crippen LogP contribution in [0.25, 0.3) is 22.2 Å². The van der Waals surface area contributed by atoms with Crippen LogP contribution >= 0.6 is 0 Å². The number of nitrogens with zero attached hydrogens (tertiary/aromatic N) is 3. The van der Waals surface area contributed by atoms with Crippen LogP contribution in [0.15, 0.2) is 79.9 Å². The summed E-state index contributed by atoms with van der Waals surface area (Å²) in [5.41, 5.74) is 1.19. The number of hydrogen-bond acceptors (Lipinski definition) is 8. The minimum atomic E-state index is -1.17. The van der Waals surface area contributed by atoms with E-state index in [0.717, 1.165) is 35.9 Å². The lowest BCUT2D eigenvalue weighted by Gasteiger charge is -2.33. The number of benzene rings is 2. The van der Waals surface area contributed by atoms with E-state index in [-0.39, 0.29) is 30.8 Å². The standard InChI is InChI=1S/C39H48N4O6/c1-7-10-11-15-20-43(42(4)5)37(45)32-22-29(21-31(32)36(44)41-39(25-27(39)8-2)38(46)48-9-3)49-35-24-33(26-16-13-12-14-17-26)40-34-23-28(47-6)18-19-30(34)35/h7-8,12-14,16-19,23-24,27,29,31-32H,1-2,9-11,15,20-22,25H2,3-6H3,(H,41,44)/t27?,29-,31-,32-,39-/m1/s1. The van der Waals surface area contributed by atoms with Gasteiger partial charge in [0.1, 0.15) is 23.1 Å². The number of methoxy groups -OCH3 is 1. The molecule has 10 heteroatoms. The van der Waals surface area contributed by atoms with Gasteiger partial charge in [0.05, 0.1) is 36.8 Å². The van der Waals surface area contributed by atoms with Crippen molar-refractivity contribution >= 4 is 28.7 Å². The summed E-state index contributed by atoms with van der Waals surface area (Å²) < 4.78 is 17.6. The second-order valence-electron chi connectivity index (χ2n) is 13.0. The van der Waals surface area contributed by atoms with Gasteiger partial charge < -0.3 is 19.5 Å². The second-order valence-corrected chi connectivity index (χ2v) is 13.0. The molecule has 1 unspecified atom stereocenters. The first-order valence-electron chi connectivity index (χ1n) is 17.1. The van der Waals surface area contributed by atoms with Gasteiger partial charge in [-0.1, -0.05) is 42.5 Å². The number of allylic oxidation sites excluding steroid dienone is 1. The molecular formula is C39H48N4O6. The highest BCUT2D eigenvalue weighted by atomic mass is 16.5. The number of nitrogens with one attached hydrogen (secondary N) is 1. The molecule has 2 amide bonds. The molecule has 2 aromatic carbocycles. The van der Waals surface area contributed by atoms with Gasteiger partial charge in [-0.2, -0.15) is 0 Å². The van der Waals surface area contributed by atoms with E-state index in [9.17, 15) is 14.4 Å². The lowest BCUT2D eigenvalue weighted by Crippen LogP contribution is -2.51. The topological polar surface area (TPSA) is 110 Å². The Labute approximate surface area is 289 Å². The highest BCUT2D eigenvalue weighted by Gasteiger charge is 2.62. The number of ether oxygens (including phenoxy) is 3. The first kappa shape index (κ1) is 35.6. The van der Waals surface area contributed by atoms with Gasteiger partial charge in [-0.25, -0.2) is 14.8 Å². The predicted molar refractivity (Wildman–Crippen MR) is 190 cm³/mol. The van der Waals surface area contributed by atoms with Gasteiger partial charge in [-0.15, -0.1) is 13.2 Å². The number of hydrazine groups is 1. The van der Waals surface area contributed by atoms with Gasteiger partial charge >= 0.3 is 5.97 Å². The lowest BCUT2D eigenvalue weighted by atomic mass is 9.93. The van der Waals surface area contributed by atoms with Gasteiger partial charge in [0.2, 0.25) is 11.8 Å². The lowest BCUT2D eigenvalue weighted by molar-refractivity contribution is -0.154. The second kappa shape index (κ2) is 15.7. The monoisotopic (exact) mass is 668 g/mol. The minimum absolute atomic E-state index is 0.148. The van der Waals surface area contributed by atoms with Crippen LogP contribution < -0.4 is 14.8 Å². The molecule has 0 spiro atoms. The summed E-state index contributed by atoms with van der Waals surface area (Å²) in [5, 5.41) is 7.29. The first-order valence-corrected chi connectivity index (χ1v) is 17.1. The van der Waals surface area contributed by atoms with E-state index in [4.69, 9.17) is 19.2 Å². The van der Waals surface area contributed by atoms with Crippen molar-refractivity contribution in [1.29, 1.82) is 0 Å². The van der Waals surface area contributed by atoms with Crippen LogP contribution in [0, 0.1) is 17.8 Å². The van der Waals surface area contributed by atoms with Crippen LogP contribution in [0.3, 0.4) is 0 Å². The molecule has 49 heavy (non-hydrogen) atoms.